The molecule has 1 aliphatic rings. The summed E-state index contributed by atoms with van der Waals surface area (Å²) in [5.74, 6) is -1.41. The lowest BCUT2D eigenvalue weighted by Gasteiger charge is -2.30. The first-order valence-corrected chi connectivity index (χ1v) is 9.88. The molecular weight excluding hydrogens is 384 g/mol. The van der Waals surface area contributed by atoms with Gasteiger partial charge in [-0.2, -0.15) is 11.8 Å². The van der Waals surface area contributed by atoms with Crippen LogP contribution in [0.25, 0.3) is 0 Å². The van der Waals surface area contributed by atoms with Crippen molar-refractivity contribution in [1.29, 1.82) is 0 Å². The number of nitro groups is 1. The SMILES string of the molecule is COC(=O)C1=C(C)NC(C)=C(C(=O)OCCSC)[C@@H]1c1cccc([N+](=O)[O-])c1. The summed E-state index contributed by atoms with van der Waals surface area (Å²) < 4.78 is 10.3. The third-order valence-electron chi connectivity index (χ3n) is 4.32. The number of non-ortho nitro benzene ring substituents is 1. The van der Waals surface area contributed by atoms with E-state index >= 15 is 0 Å². The number of nitrogens with one attached hydrogen (secondary N) is 1. The minimum Gasteiger partial charge on any atom is -0.466 e. The highest BCUT2D eigenvalue weighted by Crippen LogP contribution is 2.40. The van der Waals surface area contributed by atoms with Crippen LogP contribution in [0.3, 0.4) is 0 Å². The third kappa shape index (κ3) is 4.53. The summed E-state index contributed by atoms with van der Waals surface area (Å²) >= 11 is 1.54. The zero-order valence-corrected chi connectivity index (χ0v) is 16.9. The van der Waals surface area contributed by atoms with Gasteiger partial charge in [0.25, 0.3) is 5.69 Å². The van der Waals surface area contributed by atoms with Crippen LogP contribution in [0.2, 0.25) is 0 Å². The second-order valence-electron chi connectivity index (χ2n) is 6.11. The molecule has 9 heteroatoms. The zero-order chi connectivity index (χ0) is 20.8. The van der Waals surface area contributed by atoms with Gasteiger partial charge in [0.1, 0.15) is 6.61 Å². The molecule has 1 atom stereocenters. The highest BCUT2D eigenvalue weighted by molar-refractivity contribution is 7.98. The van der Waals surface area contributed by atoms with Crippen LogP contribution in [-0.4, -0.2) is 42.6 Å². The van der Waals surface area contributed by atoms with Crippen molar-refractivity contribution in [3.05, 3.63) is 62.5 Å². The van der Waals surface area contributed by atoms with Crippen LogP contribution in [-0.2, 0) is 19.1 Å². The Labute approximate surface area is 167 Å². The van der Waals surface area contributed by atoms with Crippen LogP contribution in [0.15, 0.2) is 46.8 Å². The maximum Gasteiger partial charge on any atom is 0.336 e. The van der Waals surface area contributed by atoms with Crippen molar-refractivity contribution < 1.29 is 24.0 Å². The van der Waals surface area contributed by atoms with Gasteiger partial charge in [-0.25, -0.2) is 9.59 Å². The van der Waals surface area contributed by atoms with Gasteiger partial charge in [-0.1, -0.05) is 12.1 Å². The number of carbonyl (C=O) groups excluding carboxylic acids is 2. The number of hydrogen-bond acceptors (Lipinski definition) is 8. The second-order valence-corrected chi connectivity index (χ2v) is 7.09. The Hall–Kier alpha value is -2.81. The molecule has 28 heavy (non-hydrogen) atoms. The number of ether oxygens (including phenoxy) is 2. The van der Waals surface area contributed by atoms with Gasteiger partial charge in [-0.15, -0.1) is 0 Å². The highest BCUT2D eigenvalue weighted by atomic mass is 32.2. The summed E-state index contributed by atoms with van der Waals surface area (Å²) in [5.41, 5.74) is 1.78. The van der Waals surface area contributed by atoms with Crippen molar-refractivity contribution in [3.63, 3.8) is 0 Å². The predicted octanol–water partition coefficient (Wildman–Crippen LogP) is 2.91. The average molecular weight is 406 g/mol. The van der Waals surface area contributed by atoms with E-state index in [1.165, 1.54) is 37.1 Å². The highest BCUT2D eigenvalue weighted by Gasteiger charge is 2.38. The van der Waals surface area contributed by atoms with E-state index in [9.17, 15) is 19.7 Å². The Bertz CT molecular complexity index is 862. The number of thioether (sulfide) groups is 1. The second kappa shape index (κ2) is 9.41. The molecule has 0 spiro atoms. The van der Waals surface area contributed by atoms with Crippen LogP contribution < -0.4 is 5.32 Å². The van der Waals surface area contributed by atoms with Gasteiger partial charge in [0.15, 0.2) is 0 Å². The first kappa shape index (κ1) is 21.5. The van der Waals surface area contributed by atoms with Crippen molar-refractivity contribution in [2.75, 3.05) is 25.7 Å². The van der Waals surface area contributed by atoms with Gasteiger partial charge in [-0.05, 0) is 25.7 Å². The Morgan fingerprint density at radius 2 is 1.86 bits per heavy atom. The summed E-state index contributed by atoms with van der Waals surface area (Å²) in [7, 11) is 1.24. The van der Waals surface area contributed by atoms with Crippen LogP contribution in [0.5, 0.6) is 0 Å². The molecular formula is C19H22N2O6S. The van der Waals surface area contributed by atoms with E-state index in [2.05, 4.69) is 5.32 Å². The average Bonchev–Trinajstić information content (AvgIpc) is 2.67. The van der Waals surface area contributed by atoms with Gasteiger partial charge in [0.2, 0.25) is 0 Å². The molecule has 1 aromatic carbocycles. The molecule has 1 aliphatic heterocycles. The lowest BCUT2D eigenvalue weighted by Crippen LogP contribution is -2.32. The molecule has 8 nitrogen and oxygen atoms in total. The van der Waals surface area contributed by atoms with E-state index in [0.717, 1.165) is 0 Å². The van der Waals surface area contributed by atoms with E-state index in [1.54, 1.807) is 19.9 Å². The molecule has 0 aliphatic carbocycles. The maximum atomic E-state index is 12.8. The summed E-state index contributed by atoms with van der Waals surface area (Å²) in [6.07, 6.45) is 1.90. The molecule has 0 fully saturated rings. The molecule has 1 aromatic rings. The number of esters is 2. The molecule has 0 radical (unpaired) electrons. The normalized spacial score (nSPS) is 16.5. The Balaban J connectivity index is 2.60. The number of carbonyl (C=O) groups is 2. The lowest BCUT2D eigenvalue weighted by atomic mass is 9.80. The van der Waals surface area contributed by atoms with E-state index in [-0.39, 0.29) is 23.4 Å². The zero-order valence-electron chi connectivity index (χ0n) is 16.1. The lowest BCUT2D eigenvalue weighted by molar-refractivity contribution is -0.384. The largest absolute Gasteiger partial charge is 0.466 e. The number of nitrogens with zero attached hydrogens (tertiary/aromatic N) is 1. The van der Waals surface area contributed by atoms with Crippen LogP contribution in [0, 0.1) is 10.1 Å². The van der Waals surface area contributed by atoms with E-state index < -0.39 is 22.8 Å². The van der Waals surface area contributed by atoms with E-state index in [1.807, 2.05) is 6.26 Å². The van der Waals surface area contributed by atoms with Gasteiger partial charge >= 0.3 is 11.9 Å². The Morgan fingerprint density at radius 3 is 2.43 bits per heavy atom. The minimum atomic E-state index is -0.838. The number of hydrogen-bond donors (Lipinski definition) is 1. The minimum absolute atomic E-state index is 0.134. The standard InChI is InChI=1S/C19H22N2O6S/c1-11-15(18(22)26-3)17(13-6-5-7-14(10-13)21(24)25)16(12(2)20-11)19(23)27-8-9-28-4/h5-7,10,17,20H,8-9H2,1-4H3/t17-/m1/s1. The van der Waals surface area contributed by atoms with Crippen molar-refractivity contribution in [3.8, 4) is 0 Å². The summed E-state index contributed by atoms with van der Waals surface area (Å²) in [6, 6.07) is 5.87. The quantitative estimate of drug-likeness (QED) is 0.319. The Kier molecular flexibility index (Phi) is 7.22. The summed E-state index contributed by atoms with van der Waals surface area (Å²) in [4.78, 5) is 36.0. The fraction of sp³-hybridized carbons (Fsp3) is 0.368. The monoisotopic (exact) mass is 406 g/mol. The molecule has 0 saturated carbocycles. The first-order chi connectivity index (χ1) is 13.3. The number of benzene rings is 1. The third-order valence-corrected chi connectivity index (χ3v) is 4.90. The number of methoxy groups -OCH3 is 1. The van der Waals surface area contributed by atoms with Gasteiger partial charge in [0, 0.05) is 29.3 Å². The topological polar surface area (TPSA) is 108 Å². The molecule has 1 heterocycles. The van der Waals surface area contributed by atoms with Crippen LogP contribution in [0.1, 0.15) is 25.3 Å². The number of nitro benzene ring substituents is 1. The molecule has 0 unspecified atom stereocenters. The molecule has 150 valence electrons. The van der Waals surface area contributed by atoms with E-state index in [4.69, 9.17) is 9.47 Å². The smallest absolute Gasteiger partial charge is 0.336 e. The maximum absolute atomic E-state index is 12.8. The molecule has 0 aromatic heterocycles. The first-order valence-electron chi connectivity index (χ1n) is 8.49. The molecule has 1 N–H and O–H groups in total. The summed E-state index contributed by atoms with van der Waals surface area (Å²) in [5, 5.41) is 14.2. The number of rotatable bonds is 7. The molecule has 2 rings (SSSR count). The number of dihydropyridines is 1. The van der Waals surface area contributed by atoms with Gasteiger partial charge in [0.05, 0.1) is 29.1 Å². The van der Waals surface area contributed by atoms with Gasteiger partial charge < -0.3 is 14.8 Å². The van der Waals surface area contributed by atoms with E-state index in [0.29, 0.717) is 22.7 Å². The predicted molar refractivity (Wildman–Crippen MR) is 106 cm³/mol. The van der Waals surface area contributed by atoms with Crippen molar-refractivity contribution >= 4 is 29.4 Å². The number of allylic oxidation sites excluding steroid dienone is 2. The fourth-order valence-electron chi connectivity index (χ4n) is 3.09. The van der Waals surface area contributed by atoms with Crippen LogP contribution >= 0.6 is 11.8 Å². The molecule has 0 saturated heterocycles. The molecule has 0 bridgehead atoms. The van der Waals surface area contributed by atoms with Crippen molar-refractivity contribution in [1.82, 2.24) is 5.32 Å². The van der Waals surface area contributed by atoms with Crippen molar-refractivity contribution in [2.24, 2.45) is 0 Å². The van der Waals surface area contributed by atoms with Crippen LogP contribution in [0.4, 0.5) is 5.69 Å². The van der Waals surface area contributed by atoms with Gasteiger partial charge in [-0.3, -0.25) is 10.1 Å². The fourth-order valence-corrected chi connectivity index (χ4v) is 3.34. The Morgan fingerprint density at radius 1 is 1.21 bits per heavy atom. The summed E-state index contributed by atoms with van der Waals surface area (Å²) in [6.45, 7) is 3.61. The van der Waals surface area contributed by atoms with Crippen molar-refractivity contribution in [2.45, 2.75) is 19.8 Å². The molecule has 0 amide bonds.